The summed E-state index contributed by atoms with van der Waals surface area (Å²) >= 11 is 0. The maximum atomic E-state index is 11.7. The fourth-order valence-corrected chi connectivity index (χ4v) is 2.56. The van der Waals surface area contributed by atoms with E-state index >= 15 is 0 Å². The van der Waals surface area contributed by atoms with Gasteiger partial charge in [0.25, 0.3) is 0 Å². The number of nitrogens with zero attached hydrogens (tertiary/aromatic N) is 1. The lowest BCUT2D eigenvalue weighted by atomic mass is 10.1. The molecular weight excluding hydrogens is 256 g/mol. The van der Waals surface area contributed by atoms with Gasteiger partial charge in [-0.1, -0.05) is 18.2 Å². The first kappa shape index (κ1) is 14.4. The lowest BCUT2D eigenvalue weighted by Gasteiger charge is -2.24. The highest BCUT2D eigenvalue weighted by Crippen LogP contribution is 2.32. The van der Waals surface area contributed by atoms with Gasteiger partial charge in [-0.3, -0.25) is 4.79 Å². The topological polar surface area (TPSA) is 69.6 Å². The Kier molecular flexibility index (Phi) is 4.27. The maximum Gasteiger partial charge on any atom is 0.326 e. The van der Waals surface area contributed by atoms with Crippen molar-refractivity contribution in [2.45, 2.75) is 38.8 Å². The number of carbonyl (C=O) groups excluding carboxylic acids is 1. The van der Waals surface area contributed by atoms with Gasteiger partial charge in [-0.25, -0.2) is 4.79 Å². The van der Waals surface area contributed by atoms with Crippen molar-refractivity contribution in [3.8, 4) is 0 Å². The molecule has 1 heterocycles. The summed E-state index contributed by atoms with van der Waals surface area (Å²) in [6, 6.07) is 7.19. The van der Waals surface area contributed by atoms with E-state index in [1.807, 2.05) is 43.0 Å². The fourth-order valence-electron chi connectivity index (χ4n) is 2.56. The van der Waals surface area contributed by atoms with E-state index in [9.17, 15) is 14.7 Å². The van der Waals surface area contributed by atoms with E-state index in [4.69, 9.17) is 0 Å². The molecule has 1 aromatic rings. The molecule has 2 rings (SSSR count). The number of aliphatic carboxylic acids is 1. The largest absolute Gasteiger partial charge is 0.480 e. The van der Waals surface area contributed by atoms with Crippen molar-refractivity contribution in [1.29, 1.82) is 0 Å². The van der Waals surface area contributed by atoms with E-state index in [1.165, 1.54) is 0 Å². The van der Waals surface area contributed by atoms with Crippen LogP contribution in [0.1, 0.15) is 25.8 Å². The first-order valence-corrected chi connectivity index (χ1v) is 6.85. The highest BCUT2D eigenvalue weighted by molar-refractivity contribution is 5.83. The molecule has 1 atom stereocenters. The van der Waals surface area contributed by atoms with Crippen LogP contribution in [0.15, 0.2) is 24.3 Å². The Morgan fingerprint density at radius 2 is 2.10 bits per heavy atom. The lowest BCUT2D eigenvalue weighted by molar-refractivity contribution is -0.138. The van der Waals surface area contributed by atoms with Crippen LogP contribution in [0, 0.1) is 0 Å². The number of rotatable bonds is 5. The Labute approximate surface area is 118 Å². The van der Waals surface area contributed by atoms with E-state index in [0.717, 1.165) is 11.3 Å². The number of hydrogen-bond donors (Lipinski definition) is 2. The molecule has 0 aliphatic carbocycles. The zero-order valence-corrected chi connectivity index (χ0v) is 11.8. The van der Waals surface area contributed by atoms with Crippen LogP contribution in [-0.4, -0.2) is 35.6 Å². The van der Waals surface area contributed by atoms with Gasteiger partial charge in [0, 0.05) is 31.1 Å². The van der Waals surface area contributed by atoms with Crippen LogP contribution < -0.4 is 10.2 Å². The average molecular weight is 276 g/mol. The molecular formula is C15H20N2O3. The van der Waals surface area contributed by atoms with Crippen molar-refractivity contribution in [3.63, 3.8) is 0 Å². The number of amides is 1. The number of carboxylic acid groups (broad SMARTS) is 1. The number of nitrogens with one attached hydrogen (secondary N) is 1. The zero-order chi connectivity index (χ0) is 14.7. The normalized spacial score (nSPS) is 17.1. The maximum absolute atomic E-state index is 11.7. The molecule has 0 saturated carbocycles. The van der Waals surface area contributed by atoms with Crippen LogP contribution in [0.5, 0.6) is 0 Å². The van der Waals surface area contributed by atoms with E-state index < -0.39 is 12.0 Å². The summed E-state index contributed by atoms with van der Waals surface area (Å²) in [5.74, 6) is -0.890. The first-order chi connectivity index (χ1) is 9.49. The summed E-state index contributed by atoms with van der Waals surface area (Å²) in [4.78, 5) is 24.9. The Balaban J connectivity index is 2.07. The van der Waals surface area contributed by atoms with Gasteiger partial charge in [-0.05, 0) is 25.5 Å². The standard InChI is InChI=1S/C15H20N2O3/c1-10(2)16-14(18)7-8-17-12-6-4-3-5-11(12)9-13(17)15(19)20/h3-6,10,13H,7-9H2,1-2H3,(H,16,18)(H,19,20). The molecule has 5 heteroatoms. The molecule has 20 heavy (non-hydrogen) atoms. The van der Waals surface area contributed by atoms with Gasteiger partial charge in [0.2, 0.25) is 5.91 Å². The number of carboxylic acids is 1. The molecule has 0 bridgehead atoms. The minimum Gasteiger partial charge on any atom is -0.480 e. The minimum absolute atomic E-state index is 0.0477. The summed E-state index contributed by atoms with van der Waals surface area (Å²) in [5.41, 5.74) is 1.96. The second kappa shape index (κ2) is 5.94. The number of benzene rings is 1. The second-order valence-electron chi connectivity index (χ2n) is 5.35. The van der Waals surface area contributed by atoms with Crippen LogP contribution in [0.25, 0.3) is 0 Å². The van der Waals surface area contributed by atoms with Crippen molar-refractivity contribution in [2.75, 3.05) is 11.4 Å². The number of fused-ring (bicyclic) bond motifs is 1. The van der Waals surface area contributed by atoms with Gasteiger partial charge in [-0.15, -0.1) is 0 Å². The molecule has 0 aromatic heterocycles. The van der Waals surface area contributed by atoms with Crippen molar-refractivity contribution >= 4 is 17.6 Å². The molecule has 108 valence electrons. The summed E-state index contributed by atoms with van der Waals surface area (Å²) in [6.45, 7) is 4.23. The monoisotopic (exact) mass is 276 g/mol. The Morgan fingerprint density at radius 3 is 2.75 bits per heavy atom. The lowest BCUT2D eigenvalue weighted by Crippen LogP contribution is -2.41. The zero-order valence-electron chi connectivity index (χ0n) is 11.8. The Bertz CT molecular complexity index is 514. The molecule has 5 nitrogen and oxygen atoms in total. The van der Waals surface area contributed by atoms with Crippen molar-refractivity contribution < 1.29 is 14.7 Å². The van der Waals surface area contributed by atoms with Gasteiger partial charge >= 0.3 is 5.97 Å². The molecule has 1 aromatic carbocycles. The van der Waals surface area contributed by atoms with Crippen molar-refractivity contribution in [1.82, 2.24) is 5.32 Å². The fraction of sp³-hybridized carbons (Fsp3) is 0.467. The molecule has 1 unspecified atom stereocenters. The van der Waals surface area contributed by atoms with Crippen LogP contribution >= 0.6 is 0 Å². The molecule has 1 amide bonds. The van der Waals surface area contributed by atoms with Crippen LogP contribution in [0.4, 0.5) is 5.69 Å². The van der Waals surface area contributed by atoms with Gasteiger partial charge in [0.15, 0.2) is 0 Å². The summed E-state index contributed by atoms with van der Waals surface area (Å²) in [7, 11) is 0. The Morgan fingerprint density at radius 1 is 1.40 bits per heavy atom. The average Bonchev–Trinajstić information content (AvgIpc) is 2.74. The van der Waals surface area contributed by atoms with Gasteiger partial charge < -0.3 is 15.3 Å². The molecule has 1 aliphatic heterocycles. The summed E-state index contributed by atoms with van der Waals surface area (Å²) < 4.78 is 0. The third kappa shape index (κ3) is 3.10. The number of carbonyl (C=O) groups is 2. The Hall–Kier alpha value is -2.04. The van der Waals surface area contributed by atoms with Crippen molar-refractivity contribution in [3.05, 3.63) is 29.8 Å². The summed E-state index contributed by atoms with van der Waals surface area (Å²) in [5, 5.41) is 12.1. The molecule has 0 saturated heterocycles. The quantitative estimate of drug-likeness (QED) is 0.853. The van der Waals surface area contributed by atoms with Gasteiger partial charge in [0.1, 0.15) is 6.04 Å². The number of anilines is 1. The SMILES string of the molecule is CC(C)NC(=O)CCN1c2ccccc2CC1C(=O)O. The smallest absolute Gasteiger partial charge is 0.326 e. The second-order valence-corrected chi connectivity index (χ2v) is 5.35. The number of para-hydroxylation sites is 1. The van der Waals surface area contributed by atoms with Crippen molar-refractivity contribution in [2.24, 2.45) is 0 Å². The molecule has 0 radical (unpaired) electrons. The van der Waals surface area contributed by atoms with E-state index in [1.54, 1.807) is 0 Å². The molecule has 0 fully saturated rings. The van der Waals surface area contributed by atoms with Crippen LogP contribution in [0.2, 0.25) is 0 Å². The van der Waals surface area contributed by atoms with Crippen LogP contribution in [-0.2, 0) is 16.0 Å². The van der Waals surface area contributed by atoms with Crippen LogP contribution in [0.3, 0.4) is 0 Å². The van der Waals surface area contributed by atoms with Gasteiger partial charge in [0.05, 0.1) is 0 Å². The molecule has 2 N–H and O–H groups in total. The third-order valence-corrected chi connectivity index (χ3v) is 3.41. The number of hydrogen-bond acceptors (Lipinski definition) is 3. The predicted octanol–water partition coefficient (Wildman–Crippen LogP) is 1.42. The molecule has 1 aliphatic rings. The summed E-state index contributed by atoms with van der Waals surface area (Å²) in [6.07, 6.45) is 0.799. The highest BCUT2D eigenvalue weighted by Gasteiger charge is 2.33. The predicted molar refractivity (Wildman–Crippen MR) is 76.8 cm³/mol. The first-order valence-electron chi connectivity index (χ1n) is 6.85. The minimum atomic E-state index is -0.842. The van der Waals surface area contributed by atoms with E-state index in [2.05, 4.69) is 5.32 Å². The van der Waals surface area contributed by atoms with E-state index in [0.29, 0.717) is 19.4 Å². The van der Waals surface area contributed by atoms with Gasteiger partial charge in [-0.2, -0.15) is 0 Å². The van der Waals surface area contributed by atoms with E-state index in [-0.39, 0.29) is 11.9 Å². The highest BCUT2D eigenvalue weighted by atomic mass is 16.4. The third-order valence-electron chi connectivity index (χ3n) is 3.41. The molecule has 0 spiro atoms.